The molecular formula is C20H23N3O3. The van der Waals surface area contributed by atoms with Gasteiger partial charge >= 0.3 is 11.8 Å². The van der Waals surface area contributed by atoms with Crippen molar-refractivity contribution >= 4 is 23.7 Å². The van der Waals surface area contributed by atoms with Crippen molar-refractivity contribution in [1.29, 1.82) is 0 Å². The summed E-state index contributed by atoms with van der Waals surface area (Å²) in [7, 11) is 0. The zero-order chi connectivity index (χ0) is 18.9. The molecule has 0 aliphatic rings. The molecule has 2 amide bonds. The zero-order valence-electron chi connectivity index (χ0n) is 15.2. The SMILES string of the molecule is CCCOc1ccc(/C=N\NC(=O)C(=O)Nc2ccc(C)c(C)c2)cc1. The number of nitrogens with one attached hydrogen (secondary N) is 2. The van der Waals surface area contributed by atoms with E-state index in [2.05, 4.69) is 15.8 Å². The Morgan fingerprint density at radius 1 is 1.04 bits per heavy atom. The van der Waals surface area contributed by atoms with Crippen molar-refractivity contribution in [2.45, 2.75) is 27.2 Å². The Hall–Kier alpha value is -3.15. The monoisotopic (exact) mass is 353 g/mol. The fourth-order valence-corrected chi connectivity index (χ4v) is 2.09. The molecule has 6 nitrogen and oxygen atoms in total. The second kappa shape index (κ2) is 9.36. The highest BCUT2D eigenvalue weighted by Gasteiger charge is 2.13. The third-order valence-corrected chi connectivity index (χ3v) is 3.70. The maximum Gasteiger partial charge on any atom is 0.329 e. The van der Waals surface area contributed by atoms with E-state index < -0.39 is 11.8 Å². The Kier molecular flexibility index (Phi) is 6.91. The molecule has 2 rings (SSSR count). The summed E-state index contributed by atoms with van der Waals surface area (Å²) >= 11 is 0. The highest BCUT2D eigenvalue weighted by Crippen LogP contribution is 2.14. The summed E-state index contributed by atoms with van der Waals surface area (Å²) in [6.07, 6.45) is 2.41. The lowest BCUT2D eigenvalue weighted by Crippen LogP contribution is -2.32. The van der Waals surface area contributed by atoms with Crippen molar-refractivity contribution in [1.82, 2.24) is 5.43 Å². The minimum atomic E-state index is -0.831. The number of aryl methyl sites for hydroxylation is 2. The van der Waals surface area contributed by atoms with Crippen LogP contribution in [-0.4, -0.2) is 24.6 Å². The first kappa shape index (κ1) is 19.2. The van der Waals surface area contributed by atoms with E-state index in [0.29, 0.717) is 12.3 Å². The van der Waals surface area contributed by atoms with Crippen LogP contribution in [0.25, 0.3) is 0 Å². The maximum atomic E-state index is 11.9. The van der Waals surface area contributed by atoms with Crippen LogP contribution in [0.4, 0.5) is 5.69 Å². The van der Waals surface area contributed by atoms with Crippen LogP contribution in [-0.2, 0) is 9.59 Å². The van der Waals surface area contributed by atoms with Crippen LogP contribution in [0.15, 0.2) is 47.6 Å². The average molecular weight is 353 g/mol. The fourth-order valence-electron chi connectivity index (χ4n) is 2.09. The van der Waals surface area contributed by atoms with Gasteiger partial charge in [-0.1, -0.05) is 13.0 Å². The van der Waals surface area contributed by atoms with Gasteiger partial charge in [-0.3, -0.25) is 9.59 Å². The van der Waals surface area contributed by atoms with Crippen molar-refractivity contribution < 1.29 is 14.3 Å². The molecule has 0 saturated heterocycles. The van der Waals surface area contributed by atoms with Crippen molar-refractivity contribution in [3.05, 3.63) is 59.2 Å². The van der Waals surface area contributed by atoms with Crippen molar-refractivity contribution in [2.75, 3.05) is 11.9 Å². The third-order valence-electron chi connectivity index (χ3n) is 3.70. The number of hydrogen-bond acceptors (Lipinski definition) is 4. The Labute approximate surface area is 153 Å². The van der Waals surface area contributed by atoms with Crippen molar-refractivity contribution in [2.24, 2.45) is 5.10 Å². The predicted octanol–water partition coefficient (Wildman–Crippen LogP) is 3.18. The molecule has 0 bridgehead atoms. The molecule has 0 radical (unpaired) electrons. The van der Waals surface area contributed by atoms with E-state index in [-0.39, 0.29) is 0 Å². The minimum absolute atomic E-state index is 0.569. The van der Waals surface area contributed by atoms with Gasteiger partial charge in [-0.25, -0.2) is 5.43 Å². The lowest BCUT2D eigenvalue weighted by molar-refractivity contribution is -0.136. The smallest absolute Gasteiger partial charge is 0.329 e. The topological polar surface area (TPSA) is 79.8 Å². The molecular weight excluding hydrogens is 330 g/mol. The number of carbonyl (C=O) groups excluding carboxylic acids is 2. The van der Waals surface area contributed by atoms with Gasteiger partial charge < -0.3 is 10.1 Å². The molecule has 26 heavy (non-hydrogen) atoms. The van der Waals surface area contributed by atoms with Gasteiger partial charge in [0.25, 0.3) is 0 Å². The molecule has 0 atom stereocenters. The molecule has 0 aliphatic heterocycles. The first-order valence-electron chi connectivity index (χ1n) is 8.44. The lowest BCUT2D eigenvalue weighted by atomic mass is 10.1. The van der Waals surface area contributed by atoms with E-state index in [4.69, 9.17) is 4.74 Å². The Morgan fingerprint density at radius 3 is 2.42 bits per heavy atom. The van der Waals surface area contributed by atoms with Crippen LogP contribution in [0.1, 0.15) is 30.0 Å². The number of hydrogen-bond donors (Lipinski definition) is 2. The second-order valence-electron chi connectivity index (χ2n) is 5.87. The Balaban J connectivity index is 1.85. The summed E-state index contributed by atoms with van der Waals surface area (Å²) in [6, 6.07) is 12.7. The summed E-state index contributed by atoms with van der Waals surface area (Å²) < 4.78 is 5.49. The van der Waals surface area contributed by atoms with Crippen LogP contribution < -0.4 is 15.5 Å². The molecule has 2 aromatic rings. The summed E-state index contributed by atoms with van der Waals surface area (Å²) in [4.78, 5) is 23.7. The van der Waals surface area contributed by atoms with Crippen LogP contribution in [0.5, 0.6) is 5.75 Å². The zero-order valence-corrected chi connectivity index (χ0v) is 15.2. The molecule has 0 fully saturated rings. The summed E-state index contributed by atoms with van der Waals surface area (Å²) in [5, 5.41) is 6.35. The number of rotatable bonds is 6. The standard InChI is InChI=1S/C20H23N3O3/c1-4-11-26-18-9-6-16(7-10-18)13-21-23-20(25)19(24)22-17-8-5-14(2)15(3)12-17/h5-10,12-13H,4,11H2,1-3H3,(H,22,24)(H,23,25)/b21-13-. The highest BCUT2D eigenvalue weighted by molar-refractivity contribution is 6.39. The van der Waals surface area contributed by atoms with Gasteiger partial charge in [-0.2, -0.15) is 5.10 Å². The second-order valence-corrected chi connectivity index (χ2v) is 5.87. The molecule has 6 heteroatoms. The van der Waals surface area contributed by atoms with Gasteiger partial charge in [-0.05, 0) is 73.4 Å². The largest absolute Gasteiger partial charge is 0.494 e. The highest BCUT2D eigenvalue weighted by atomic mass is 16.5. The summed E-state index contributed by atoms with van der Waals surface area (Å²) in [6.45, 7) is 6.62. The van der Waals surface area contributed by atoms with Gasteiger partial charge in [0.1, 0.15) is 5.75 Å². The molecule has 0 heterocycles. The van der Waals surface area contributed by atoms with E-state index in [1.54, 1.807) is 6.07 Å². The van der Waals surface area contributed by atoms with Crippen molar-refractivity contribution in [3.63, 3.8) is 0 Å². The third kappa shape index (κ3) is 5.73. The summed E-state index contributed by atoms with van der Waals surface area (Å²) in [5.74, 6) is -0.822. The van der Waals surface area contributed by atoms with Gasteiger partial charge in [0, 0.05) is 5.69 Å². The average Bonchev–Trinajstić information content (AvgIpc) is 2.64. The molecule has 0 spiro atoms. The number of carbonyl (C=O) groups is 2. The number of amides is 2. The minimum Gasteiger partial charge on any atom is -0.494 e. The first-order valence-corrected chi connectivity index (χ1v) is 8.44. The quantitative estimate of drug-likeness (QED) is 0.475. The molecule has 0 saturated carbocycles. The number of nitrogens with zero attached hydrogens (tertiary/aromatic N) is 1. The van der Waals surface area contributed by atoms with Crippen LogP contribution in [0.2, 0.25) is 0 Å². The number of benzene rings is 2. The predicted molar refractivity (Wildman–Crippen MR) is 103 cm³/mol. The molecule has 2 aromatic carbocycles. The van der Waals surface area contributed by atoms with Crippen LogP contribution >= 0.6 is 0 Å². The van der Waals surface area contributed by atoms with E-state index >= 15 is 0 Å². The molecule has 136 valence electrons. The number of anilines is 1. The van der Waals surface area contributed by atoms with E-state index in [0.717, 1.165) is 28.9 Å². The molecule has 0 unspecified atom stereocenters. The van der Waals surface area contributed by atoms with Gasteiger partial charge in [0.15, 0.2) is 0 Å². The lowest BCUT2D eigenvalue weighted by Gasteiger charge is -2.06. The fraction of sp³-hybridized carbons (Fsp3) is 0.250. The van der Waals surface area contributed by atoms with Crippen molar-refractivity contribution in [3.8, 4) is 5.75 Å². The van der Waals surface area contributed by atoms with Crippen LogP contribution in [0, 0.1) is 13.8 Å². The van der Waals surface area contributed by atoms with E-state index in [1.807, 2.05) is 57.2 Å². The van der Waals surface area contributed by atoms with Crippen LogP contribution in [0.3, 0.4) is 0 Å². The number of ether oxygens (including phenoxy) is 1. The van der Waals surface area contributed by atoms with Gasteiger partial charge in [-0.15, -0.1) is 0 Å². The first-order chi connectivity index (χ1) is 12.5. The van der Waals surface area contributed by atoms with Gasteiger partial charge in [0.05, 0.1) is 12.8 Å². The molecule has 0 aliphatic carbocycles. The molecule has 0 aromatic heterocycles. The maximum absolute atomic E-state index is 11.9. The molecule has 2 N–H and O–H groups in total. The van der Waals surface area contributed by atoms with Gasteiger partial charge in [0.2, 0.25) is 0 Å². The summed E-state index contributed by atoms with van der Waals surface area (Å²) in [5.41, 5.74) is 5.71. The number of hydrazone groups is 1. The van der Waals surface area contributed by atoms with E-state index in [9.17, 15) is 9.59 Å². The Bertz CT molecular complexity index is 798. The van der Waals surface area contributed by atoms with E-state index in [1.165, 1.54) is 6.21 Å². The normalized spacial score (nSPS) is 10.6. The Morgan fingerprint density at radius 2 is 1.77 bits per heavy atom.